The van der Waals surface area contributed by atoms with Gasteiger partial charge in [0.1, 0.15) is 11.2 Å². The number of rotatable bonds is 6. The standard InChI is InChI=1S/C55H33N3OS/c1-3-14-35(15-4-1)46-33-47(36-30-28-34(29-31-36)41-23-12-24-43-42-20-7-9-26-48(42)59-53(41)43)58-55(57-46)39-19-11-18-38(32-39)40-22-13-25-45-50(40)51-44-21-8-10-27-49(44)60-54(51)52(56-45)37-16-5-2-6-17-37/h1-33H. The first-order valence-corrected chi connectivity index (χ1v) is 20.9. The van der Waals surface area contributed by atoms with E-state index in [0.717, 1.165) is 94.4 Å². The average molecular weight is 784 g/mol. The van der Waals surface area contributed by atoms with Crippen LogP contribution < -0.4 is 0 Å². The lowest BCUT2D eigenvalue weighted by Gasteiger charge is -2.13. The number of hydrogen-bond acceptors (Lipinski definition) is 5. The molecule has 0 aliphatic rings. The van der Waals surface area contributed by atoms with Crippen LogP contribution in [0, 0.1) is 0 Å². The SMILES string of the molecule is c1ccc(-c2cc(-c3ccc(-c4cccc5c4oc4ccccc45)cc3)nc(-c3cccc(-c4cccc5nc(-c6ccccc6)c6sc7ccccc7c6c45)c3)n2)cc1. The lowest BCUT2D eigenvalue weighted by molar-refractivity contribution is 0.670. The number of furan rings is 1. The molecule has 4 heterocycles. The van der Waals surface area contributed by atoms with E-state index in [-0.39, 0.29) is 0 Å². The Morgan fingerprint density at radius 1 is 0.383 bits per heavy atom. The molecular weight excluding hydrogens is 751 g/mol. The average Bonchev–Trinajstić information content (AvgIpc) is 3.91. The molecule has 4 nitrogen and oxygen atoms in total. The second-order valence-electron chi connectivity index (χ2n) is 15.1. The van der Waals surface area contributed by atoms with Gasteiger partial charge in [-0.2, -0.15) is 0 Å². The van der Waals surface area contributed by atoms with Crippen LogP contribution in [0.2, 0.25) is 0 Å². The van der Waals surface area contributed by atoms with E-state index in [1.807, 2.05) is 29.5 Å². The van der Waals surface area contributed by atoms with Gasteiger partial charge in [0.2, 0.25) is 0 Å². The fraction of sp³-hybridized carbons (Fsp3) is 0. The predicted octanol–water partition coefficient (Wildman–Crippen LogP) is 15.3. The first kappa shape index (κ1) is 34.3. The van der Waals surface area contributed by atoms with Crippen molar-refractivity contribution in [3.8, 4) is 67.4 Å². The molecule has 0 spiro atoms. The van der Waals surface area contributed by atoms with Crippen molar-refractivity contribution in [2.45, 2.75) is 0 Å². The fourth-order valence-electron chi connectivity index (χ4n) is 8.66. The molecule has 280 valence electrons. The second kappa shape index (κ2) is 14.0. The van der Waals surface area contributed by atoms with Gasteiger partial charge < -0.3 is 4.42 Å². The Labute approximate surface area is 349 Å². The molecule has 8 aromatic carbocycles. The Morgan fingerprint density at radius 3 is 1.80 bits per heavy atom. The van der Waals surface area contributed by atoms with Crippen molar-refractivity contribution in [2.24, 2.45) is 0 Å². The number of hydrogen-bond donors (Lipinski definition) is 0. The lowest BCUT2D eigenvalue weighted by atomic mass is 9.94. The van der Waals surface area contributed by atoms with Gasteiger partial charge in [-0.15, -0.1) is 11.3 Å². The number of pyridine rings is 1. The van der Waals surface area contributed by atoms with Crippen molar-refractivity contribution in [1.82, 2.24) is 15.0 Å². The third-order valence-electron chi connectivity index (χ3n) is 11.5. The first-order chi connectivity index (χ1) is 29.7. The maximum absolute atomic E-state index is 6.38. The number of fused-ring (bicyclic) bond motifs is 8. The highest BCUT2D eigenvalue weighted by atomic mass is 32.1. The summed E-state index contributed by atoms with van der Waals surface area (Å²) in [6, 6.07) is 70.0. The predicted molar refractivity (Wildman–Crippen MR) is 250 cm³/mol. The van der Waals surface area contributed by atoms with Gasteiger partial charge in [-0.05, 0) is 47.0 Å². The summed E-state index contributed by atoms with van der Waals surface area (Å²) in [6.45, 7) is 0. The molecule has 0 saturated carbocycles. The van der Waals surface area contributed by atoms with Gasteiger partial charge in [-0.3, -0.25) is 0 Å². The van der Waals surface area contributed by atoms with Crippen molar-refractivity contribution >= 4 is 64.4 Å². The lowest BCUT2D eigenvalue weighted by Crippen LogP contribution is -1.96. The minimum atomic E-state index is 0.667. The van der Waals surface area contributed by atoms with Gasteiger partial charge in [-0.25, -0.2) is 15.0 Å². The maximum atomic E-state index is 6.38. The van der Waals surface area contributed by atoms with Gasteiger partial charge in [0.15, 0.2) is 5.82 Å². The highest BCUT2D eigenvalue weighted by Crippen LogP contribution is 2.46. The maximum Gasteiger partial charge on any atom is 0.160 e. The molecule has 0 fully saturated rings. The van der Waals surface area contributed by atoms with Crippen LogP contribution in [0.3, 0.4) is 0 Å². The number of nitrogens with zero attached hydrogens (tertiary/aromatic N) is 3. The van der Waals surface area contributed by atoms with Crippen LogP contribution in [0.15, 0.2) is 205 Å². The van der Waals surface area contributed by atoms with Crippen LogP contribution in [-0.4, -0.2) is 15.0 Å². The monoisotopic (exact) mass is 783 g/mol. The van der Waals surface area contributed by atoms with E-state index in [1.165, 1.54) is 20.2 Å². The van der Waals surface area contributed by atoms with E-state index in [0.29, 0.717) is 5.82 Å². The van der Waals surface area contributed by atoms with Crippen LogP contribution in [0.5, 0.6) is 0 Å². The molecule has 12 rings (SSSR count). The second-order valence-corrected chi connectivity index (χ2v) is 16.1. The van der Waals surface area contributed by atoms with E-state index in [9.17, 15) is 0 Å². The van der Waals surface area contributed by atoms with Crippen LogP contribution in [0.25, 0.3) is 120 Å². The van der Waals surface area contributed by atoms with Gasteiger partial charge in [-0.1, -0.05) is 170 Å². The van der Waals surface area contributed by atoms with E-state index in [4.69, 9.17) is 19.4 Å². The molecule has 60 heavy (non-hydrogen) atoms. The zero-order valence-electron chi connectivity index (χ0n) is 32.2. The van der Waals surface area contributed by atoms with E-state index < -0.39 is 0 Å². The molecule has 0 aliphatic carbocycles. The summed E-state index contributed by atoms with van der Waals surface area (Å²) in [6.07, 6.45) is 0. The molecular formula is C55H33N3OS. The summed E-state index contributed by atoms with van der Waals surface area (Å²) in [4.78, 5) is 15.8. The Kier molecular flexibility index (Phi) is 8.00. The molecule has 12 aromatic rings. The highest BCUT2D eigenvalue weighted by molar-refractivity contribution is 7.26. The van der Waals surface area contributed by atoms with Gasteiger partial charge in [0, 0.05) is 59.4 Å². The van der Waals surface area contributed by atoms with E-state index in [2.05, 4.69) is 182 Å². The van der Waals surface area contributed by atoms with Crippen LogP contribution >= 0.6 is 11.3 Å². The molecule has 0 saturated heterocycles. The summed E-state index contributed by atoms with van der Waals surface area (Å²) in [5.74, 6) is 0.667. The molecule has 0 unspecified atom stereocenters. The summed E-state index contributed by atoms with van der Waals surface area (Å²) in [5, 5.41) is 5.88. The fourth-order valence-corrected chi connectivity index (χ4v) is 9.88. The van der Waals surface area contributed by atoms with Crippen molar-refractivity contribution in [3.63, 3.8) is 0 Å². The Balaban J connectivity index is 0.995. The third-order valence-corrected chi connectivity index (χ3v) is 12.7. The molecule has 0 N–H and O–H groups in total. The van der Waals surface area contributed by atoms with E-state index in [1.54, 1.807) is 0 Å². The molecule has 5 heteroatoms. The van der Waals surface area contributed by atoms with Crippen LogP contribution in [0.1, 0.15) is 0 Å². The van der Waals surface area contributed by atoms with Crippen molar-refractivity contribution < 1.29 is 4.42 Å². The number of benzene rings is 8. The van der Waals surface area contributed by atoms with Crippen molar-refractivity contribution in [3.05, 3.63) is 200 Å². The zero-order valence-corrected chi connectivity index (χ0v) is 33.0. The Bertz CT molecular complexity index is 3590. The molecule has 0 bridgehead atoms. The Hall–Kier alpha value is -7.73. The Morgan fingerprint density at radius 2 is 0.983 bits per heavy atom. The quantitative estimate of drug-likeness (QED) is 0.169. The number of thiophene rings is 1. The third kappa shape index (κ3) is 5.70. The minimum absolute atomic E-state index is 0.667. The van der Waals surface area contributed by atoms with E-state index >= 15 is 0 Å². The van der Waals surface area contributed by atoms with Crippen molar-refractivity contribution in [2.75, 3.05) is 0 Å². The minimum Gasteiger partial charge on any atom is -0.455 e. The summed E-state index contributed by atoms with van der Waals surface area (Å²) in [7, 11) is 0. The molecule has 0 atom stereocenters. The largest absolute Gasteiger partial charge is 0.455 e. The number of para-hydroxylation sites is 2. The normalized spacial score (nSPS) is 11.7. The number of aromatic nitrogens is 3. The topological polar surface area (TPSA) is 51.8 Å². The van der Waals surface area contributed by atoms with Gasteiger partial charge >= 0.3 is 0 Å². The summed E-state index contributed by atoms with van der Waals surface area (Å²) < 4.78 is 8.83. The molecule has 0 aliphatic heterocycles. The van der Waals surface area contributed by atoms with Crippen LogP contribution in [0.4, 0.5) is 0 Å². The summed E-state index contributed by atoms with van der Waals surface area (Å²) in [5.41, 5.74) is 14.0. The zero-order chi connectivity index (χ0) is 39.6. The summed E-state index contributed by atoms with van der Waals surface area (Å²) >= 11 is 1.81. The smallest absolute Gasteiger partial charge is 0.160 e. The molecule has 4 aromatic heterocycles. The molecule has 0 amide bonds. The highest BCUT2D eigenvalue weighted by Gasteiger charge is 2.20. The van der Waals surface area contributed by atoms with Crippen LogP contribution in [-0.2, 0) is 0 Å². The van der Waals surface area contributed by atoms with Gasteiger partial charge in [0.25, 0.3) is 0 Å². The van der Waals surface area contributed by atoms with Gasteiger partial charge in [0.05, 0.1) is 27.3 Å². The first-order valence-electron chi connectivity index (χ1n) is 20.1. The van der Waals surface area contributed by atoms with Crippen molar-refractivity contribution in [1.29, 1.82) is 0 Å². The molecule has 0 radical (unpaired) electrons.